The van der Waals surface area contributed by atoms with Crippen LogP contribution in [0.5, 0.6) is 11.5 Å². The highest BCUT2D eigenvalue weighted by molar-refractivity contribution is 7.92. The molecule has 0 saturated carbocycles. The highest BCUT2D eigenvalue weighted by Crippen LogP contribution is 2.27. The molecule has 2 aromatic heterocycles. The molecule has 2 heterocycles. The van der Waals surface area contributed by atoms with Gasteiger partial charge in [0.05, 0.1) is 6.26 Å². The van der Waals surface area contributed by atoms with Crippen LogP contribution in [0.2, 0.25) is 0 Å². The predicted molar refractivity (Wildman–Crippen MR) is 157 cm³/mol. The van der Waals surface area contributed by atoms with Crippen LogP contribution in [0.25, 0.3) is 0 Å². The van der Waals surface area contributed by atoms with Crippen LogP contribution in [0.1, 0.15) is 11.1 Å². The Morgan fingerprint density at radius 3 is 2.55 bits per heavy atom. The molecule has 3 N–H and O–H groups in total. The Kier molecular flexibility index (Phi) is 8.60. The normalized spacial score (nSPS) is 10.9. The molecule has 0 aliphatic heterocycles. The number of nitrogens with zero attached hydrogens (tertiary/aromatic N) is 4. The number of amides is 1. The van der Waals surface area contributed by atoms with Crippen LogP contribution in [-0.4, -0.2) is 42.6 Å². The third-order valence-corrected chi connectivity index (χ3v) is 6.88. The van der Waals surface area contributed by atoms with Crippen LogP contribution < -0.4 is 25.0 Å². The molecule has 0 atom stereocenters. The molecule has 12 heteroatoms. The maximum atomic E-state index is 12.0. The lowest BCUT2D eigenvalue weighted by Gasteiger charge is -2.19. The second-order valence-corrected chi connectivity index (χ2v) is 10.8. The van der Waals surface area contributed by atoms with E-state index in [9.17, 15) is 13.2 Å². The number of pyridine rings is 1. The maximum absolute atomic E-state index is 12.0. The standard InChI is InChI=1S/C28H29N7O4S/c1-5-25(36)32-22-9-6-10-24(16-22)39-23-13-11-21(12-14-23)33-28-31-17-19(2)26(34-28)30-18-20-8-7-15-29-27(20)35(3)40(4,37)38/h5-17H,1,18H2,2-4H3,(H,32,36)(H2,30,31,33,34). The summed E-state index contributed by atoms with van der Waals surface area (Å²) < 4.78 is 31.1. The molecule has 0 aliphatic carbocycles. The smallest absolute Gasteiger partial charge is 0.247 e. The zero-order chi connectivity index (χ0) is 28.7. The molecule has 2 aromatic carbocycles. The quantitative estimate of drug-likeness (QED) is 0.220. The molecule has 0 aliphatic rings. The number of hydrogen-bond acceptors (Lipinski definition) is 9. The van der Waals surface area contributed by atoms with E-state index in [1.165, 1.54) is 13.1 Å². The minimum Gasteiger partial charge on any atom is -0.457 e. The van der Waals surface area contributed by atoms with E-state index < -0.39 is 10.0 Å². The fourth-order valence-electron chi connectivity index (χ4n) is 3.57. The summed E-state index contributed by atoms with van der Waals surface area (Å²) in [7, 11) is -1.99. The van der Waals surface area contributed by atoms with E-state index in [2.05, 4.69) is 37.5 Å². The maximum Gasteiger partial charge on any atom is 0.247 e. The summed E-state index contributed by atoms with van der Waals surface area (Å²) in [4.78, 5) is 24.7. The molecule has 4 rings (SSSR count). The number of sulfonamides is 1. The van der Waals surface area contributed by atoms with Crippen LogP contribution in [0.4, 0.5) is 29.0 Å². The number of carbonyl (C=O) groups is 1. The fourth-order valence-corrected chi connectivity index (χ4v) is 4.05. The Hall–Kier alpha value is -4.97. The highest BCUT2D eigenvalue weighted by atomic mass is 32.2. The molecular weight excluding hydrogens is 530 g/mol. The van der Waals surface area contributed by atoms with Crippen LogP contribution in [-0.2, 0) is 21.4 Å². The first-order valence-corrected chi connectivity index (χ1v) is 14.0. The summed E-state index contributed by atoms with van der Waals surface area (Å²) in [6.07, 6.45) is 5.58. The largest absolute Gasteiger partial charge is 0.457 e. The molecule has 0 fully saturated rings. The number of aryl methyl sites for hydroxylation is 1. The van der Waals surface area contributed by atoms with Gasteiger partial charge >= 0.3 is 0 Å². The number of aromatic nitrogens is 3. The zero-order valence-corrected chi connectivity index (χ0v) is 23.1. The van der Waals surface area contributed by atoms with E-state index in [1.807, 2.05) is 25.1 Å². The first-order chi connectivity index (χ1) is 19.1. The Bertz CT molecular complexity index is 1630. The first-order valence-electron chi connectivity index (χ1n) is 12.2. The third kappa shape index (κ3) is 7.32. The van der Waals surface area contributed by atoms with Gasteiger partial charge in [0.25, 0.3) is 0 Å². The van der Waals surface area contributed by atoms with Crippen molar-refractivity contribution in [3.63, 3.8) is 0 Å². The van der Waals surface area contributed by atoms with Gasteiger partial charge in [-0.3, -0.25) is 9.10 Å². The monoisotopic (exact) mass is 559 g/mol. The van der Waals surface area contributed by atoms with E-state index in [0.29, 0.717) is 46.9 Å². The van der Waals surface area contributed by atoms with Gasteiger partial charge in [-0.1, -0.05) is 18.7 Å². The number of anilines is 5. The van der Waals surface area contributed by atoms with E-state index >= 15 is 0 Å². The summed E-state index contributed by atoms with van der Waals surface area (Å²) in [6.45, 7) is 5.64. The lowest BCUT2D eigenvalue weighted by Crippen LogP contribution is -2.27. The molecule has 40 heavy (non-hydrogen) atoms. The van der Waals surface area contributed by atoms with Gasteiger partial charge in [0.1, 0.15) is 23.1 Å². The second kappa shape index (κ2) is 12.3. The van der Waals surface area contributed by atoms with Crippen molar-refractivity contribution in [3.05, 3.63) is 96.8 Å². The van der Waals surface area contributed by atoms with Gasteiger partial charge in [-0.15, -0.1) is 0 Å². The number of ether oxygens (including phenoxy) is 1. The summed E-state index contributed by atoms with van der Waals surface area (Å²) in [5.41, 5.74) is 2.87. The van der Waals surface area contributed by atoms with Gasteiger partial charge in [0.2, 0.25) is 21.9 Å². The number of carbonyl (C=O) groups excluding carboxylic acids is 1. The second-order valence-electron chi connectivity index (χ2n) is 8.77. The SMILES string of the molecule is C=CC(=O)Nc1cccc(Oc2ccc(Nc3ncc(C)c(NCc4cccnc4N(C)S(C)(=O)=O)n3)cc2)c1. The molecule has 0 radical (unpaired) electrons. The summed E-state index contributed by atoms with van der Waals surface area (Å²) in [5, 5.41) is 9.13. The van der Waals surface area contributed by atoms with Crippen LogP contribution in [0.15, 0.2) is 85.7 Å². The van der Waals surface area contributed by atoms with Gasteiger partial charge in [-0.2, -0.15) is 4.98 Å². The summed E-state index contributed by atoms with van der Waals surface area (Å²) in [5.74, 6) is 2.20. The van der Waals surface area contributed by atoms with Gasteiger partial charge < -0.3 is 20.7 Å². The van der Waals surface area contributed by atoms with Crippen molar-refractivity contribution in [2.24, 2.45) is 0 Å². The molecule has 1 amide bonds. The van der Waals surface area contributed by atoms with Crippen LogP contribution in [0, 0.1) is 6.92 Å². The number of benzene rings is 2. The first kappa shape index (κ1) is 28.0. The minimum atomic E-state index is -3.46. The van der Waals surface area contributed by atoms with Gasteiger partial charge in [-0.25, -0.2) is 18.4 Å². The highest BCUT2D eigenvalue weighted by Gasteiger charge is 2.17. The Morgan fingerprint density at radius 2 is 1.82 bits per heavy atom. The van der Waals surface area contributed by atoms with Crippen molar-refractivity contribution in [1.82, 2.24) is 15.0 Å². The number of rotatable bonds is 11. The van der Waals surface area contributed by atoms with Crippen molar-refractivity contribution < 1.29 is 17.9 Å². The van der Waals surface area contributed by atoms with Crippen molar-refractivity contribution in [1.29, 1.82) is 0 Å². The Labute approximate surface area is 233 Å². The lowest BCUT2D eigenvalue weighted by molar-refractivity contribution is -0.111. The molecule has 0 bridgehead atoms. The Morgan fingerprint density at radius 1 is 1.05 bits per heavy atom. The van der Waals surface area contributed by atoms with E-state index in [0.717, 1.165) is 21.8 Å². The minimum absolute atomic E-state index is 0.300. The average molecular weight is 560 g/mol. The topological polar surface area (TPSA) is 138 Å². The third-order valence-electron chi connectivity index (χ3n) is 5.71. The lowest BCUT2D eigenvalue weighted by atomic mass is 10.2. The van der Waals surface area contributed by atoms with Gasteiger partial charge in [0, 0.05) is 54.6 Å². The number of hydrogen-bond donors (Lipinski definition) is 3. The van der Waals surface area contributed by atoms with Crippen LogP contribution >= 0.6 is 0 Å². The van der Waals surface area contributed by atoms with Crippen molar-refractivity contribution in [3.8, 4) is 11.5 Å². The van der Waals surface area contributed by atoms with Crippen molar-refractivity contribution in [2.45, 2.75) is 13.5 Å². The fraction of sp³-hybridized carbons (Fsp3) is 0.143. The molecule has 11 nitrogen and oxygen atoms in total. The average Bonchev–Trinajstić information content (AvgIpc) is 2.94. The Balaban J connectivity index is 1.42. The van der Waals surface area contributed by atoms with Gasteiger partial charge in [-0.05, 0) is 55.5 Å². The van der Waals surface area contributed by atoms with Crippen LogP contribution in [0.3, 0.4) is 0 Å². The van der Waals surface area contributed by atoms with Crippen molar-refractivity contribution >= 4 is 44.9 Å². The van der Waals surface area contributed by atoms with E-state index in [1.54, 1.807) is 54.9 Å². The molecular formula is C28H29N7O4S. The molecule has 4 aromatic rings. The summed E-state index contributed by atoms with van der Waals surface area (Å²) >= 11 is 0. The summed E-state index contributed by atoms with van der Waals surface area (Å²) in [6, 6.07) is 17.9. The molecule has 0 unspecified atom stereocenters. The van der Waals surface area contributed by atoms with E-state index in [-0.39, 0.29) is 5.91 Å². The van der Waals surface area contributed by atoms with Crippen molar-refractivity contribution in [2.75, 3.05) is 33.6 Å². The molecule has 0 spiro atoms. The molecule has 0 saturated heterocycles. The predicted octanol–water partition coefficient (Wildman–Crippen LogP) is 4.85. The molecule has 206 valence electrons. The zero-order valence-electron chi connectivity index (χ0n) is 22.2. The van der Waals surface area contributed by atoms with Gasteiger partial charge in [0.15, 0.2) is 0 Å². The van der Waals surface area contributed by atoms with E-state index in [4.69, 9.17) is 4.74 Å². The number of nitrogens with one attached hydrogen (secondary N) is 3.